The van der Waals surface area contributed by atoms with Crippen molar-refractivity contribution < 1.29 is 13.2 Å². The molecule has 7 heteroatoms. The van der Waals surface area contributed by atoms with E-state index in [0.717, 1.165) is 18.2 Å². The highest BCUT2D eigenvalue weighted by Gasteiger charge is 2.14. The maximum atomic E-state index is 12.0. The summed E-state index contributed by atoms with van der Waals surface area (Å²) in [4.78, 5) is 16.3. The summed E-state index contributed by atoms with van der Waals surface area (Å²) in [5.74, 6) is 0.253. The Morgan fingerprint density at radius 3 is 2.68 bits per heavy atom. The number of sulfone groups is 1. The molecule has 0 saturated heterocycles. The number of hydrogen-bond acceptors (Lipinski definition) is 5. The van der Waals surface area contributed by atoms with Crippen LogP contribution >= 0.6 is 0 Å². The topological polar surface area (TPSA) is 88.2 Å². The van der Waals surface area contributed by atoms with Gasteiger partial charge in [0.05, 0.1) is 0 Å². The molecular formula is C18H23N3O3S. The van der Waals surface area contributed by atoms with Gasteiger partial charge in [0.25, 0.3) is 0 Å². The largest absolute Gasteiger partial charge is 0.365 e. The van der Waals surface area contributed by atoms with Crippen molar-refractivity contribution >= 4 is 27.2 Å². The number of carbonyl (C=O) groups excluding carboxylic acids is 1. The van der Waals surface area contributed by atoms with E-state index in [1.54, 1.807) is 12.3 Å². The third-order valence-electron chi connectivity index (χ3n) is 3.88. The van der Waals surface area contributed by atoms with Gasteiger partial charge >= 0.3 is 0 Å². The van der Waals surface area contributed by atoms with Crippen molar-refractivity contribution in [2.75, 3.05) is 16.9 Å². The Hall–Kier alpha value is -2.41. The van der Waals surface area contributed by atoms with Crippen molar-refractivity contribution in [3.63, 3.8) is 0 Å². The van der Waals surface area contributed by atoms with Crippen molar-refractivity contribution in [2.24, 2.45) is 5.92 Å². The summed E-state index contributed by atoms with van der Waals surface area (Å²) in [5, 5.41) is 5.94. The van der Waals surface area contributed by atoms with Gasteiger partial charge in [-0.15, -0.1) is 0 Å². The molecule has 2 rings (SSSR count). The normalized spacial score (nSPS) is 12.4. The number of amides is 1. The quantitative estimate of drug-likeness (QED) is 0.791. The summed E-state index contributed by atoms with van der Waals surface area (Å²) < 4.78 is 23.6. The van der Waals surface area contributed by atoms with Gasteiger partial charge in [0.2, 0.25) is 5.91 Å². The smallest absolute Gasteiger partial charge is 0.227 e. The molecule has 6 nitrogen and oxygen atoms in total. The Morgan fingerprint density at radius 2 is 2.00 bits per heavy atom. The van der Waals surface area contributed by atoms with E-state index in [0.29, 0.717) is 18.1 Å². The highest BCUT2D eigenvalue weighted by Crippen LogP contribution is 2.19. The molecule has 0 aliphatic heterocycles. The second-order valence-corrected chi connectivity index (χ2v) is 7.96. The average molecular weight is 361 g/mol. The Morgan fingerprint density at radius 1 is 1.24 bits per heavy atom. The number of aromatic nitrogens is 1. The van der Waals surface area contributed by atoms with E-state index in [1.165, 1.54) is 6.07 Å². The van der Waals surface area contributed by atoms with E-state index in [4.69, 9.17) is 0 Å². The van der Waals surface area contributed by atoms with Crippen LogP contribution in [0.5, 0.6) is 0 Å². The zero-order valence-corrected chi connectivity index (χ0v) is 15.4. The molecule has 2 aromatic rings. The first-order chi connectivity index (χ1) is 11.8. The van der Waals surface area contributed by atoms with E-state index in [-0.39, 0.29) is 16.7 Å². The lowest BCUT2D eigenvalue weighted by Crippen LogP contribution is -2.19. The summed E-state index contributed by atoms with van der Waals surface area (Å²) in [6.45, 7) is 4.25. The molecule has 1 amide bonds. The molecular weight excluding hydrogens is 338 g/mol. The first-order valence-electron chi connectivity index (χ1n) is 8.10. The number of carbonyl (C=O) groups is 1. The molecule has 1 aromatic carbocycles. The molecule has 0 radical (unpaired) electrons. The number of anilines is 2. The highest BCUT2D eigenvalue weighted by molar-refractivity contribution is 7.90. The van der Waals surface area contributed by atoms with Gasteiger partial charge < -0.3 is 10.6 Å². The van der Waals surface area contributed by atoms with Crippen molar-refractivity contribution in [1.82, 2.24) is 4.98 Å². The number of benzene rings is 1. The van der Waals surface area contributed by atoms with Gasteiger partial charge in [0.1, 0.15) is 10.7 Å². The lowest BCUT2D eigenvalue weighted by Gasteiger charge is -2.12. The summed E-state index contributed by atoms with van der Waals surface area (Å²) in [6, 6.07) is 10.5. The number of hydrogen-bond donors (Lipinski definition) is 2. The Kier molecular flexibility index (Phi) is 6.14. The summed E-state index contributed by atoms with van der Waals surface area (Å²) in [7, 11) is -3.36. The number of nitrogens with one attached hydrogen (secondary N) is 2. The fourth-order valence-corrected chi connectivity index (χ4v) is 3.02. The van der Waals surface area contributed by atoms with E-state index in [1.807, 2.05) is 38.1 Å². The maximum Gasteiger partial charge on any atom is 0.227 e. The average Bonchev–Trinajstić information content (AvgIpc) is 2.59. The third kappa shape index (κ3) is 5.29. The van der Waals surface area contributed by atoms with Crippen molar-refractivity contribution in [3.8, 4) is 0 Å². The van der Waals surface area contributed by atoms with Gasteiger partial charge in [-0.1, -0.05) is 26.0 Å². The summed E-state index contributed by atoms with van der Waals surface area (Å²) in [5.41, 5.74) is 1.63. The van der Waals surface area contributed by atoms with Crippen molar-refractivity contribution in [2.45, 2.75) is 31.7 Å². The van der Waals surface area contributed by atoms with Crippen LogP contribution in [0.4, 0.5) is 11.5 Å². The van der Waals surface area contributed by atoms with Crippen LogP contribution in [0.25, 0.3) is 0 Å². The number of nitrogens with zero attached hydrogens (tertiary/aromatic N) is 1. The SMILES string of the molecule is CCC(C)C(=O)Nc1cccc(CNc2ncccc2S(C)(=O)=O)c1. The fraction of sp³-hybridized carbons (Fsp3) is 0.333. The molecule has 0 spiro atoms. The van der Waals surface area contributed by atoms with Gasteiger partial charge in [-0.05, 0) is 36.2 Å². The molecule has 2 N–H and O–H groups in total. The minimum absolute atomic E-state index is 0.0169. The van der Waals surface area contributed by atoms with Crippen LogP contribution in [0, 0.1) is 5.92 Å². The number of pyridine rings is 1. The predicted octanol–water partition coefficient (Wildman–Crippen LogP) is 3.08. The zero-order valence-electron chi connectivity index (χ0n) is 14.6. The lowest BCUT2D eigenvalue weighted by atomic mass is 10.1. The summed E-state index contributed by atoms with van der Waals surface area (Å²) in [6.07, 6.45) is 3.47. The monoisotopic (exact) mass is 361 g/mol. The van der Waals surface area contributed by atoms with E-state index < -0.39 is 9.84 Å². The van der Waals surface area contributed by atoms with Crippen LogP contribution in [0.2, 0.25) is 0 Å². The molecule has 0 bridgehead atoms. The first-order valence-corrected chi connectivity index (χ1v) is 9.99. The second-order valence-electron chi connectivity index (χ2n) is 5.97. The van der Waals surface area contributed by atoms with Crippen LogP contribution in [0.3, 0.4) is 0 Å². The van der Waals surface area contributed by atoms with Crippen LogP contribution < -0.4 is 10.6 Å². The molecule has 0 fully saturated rings. The van der Waals surface area contributed by atoms with Gasteiger partial charge in [-0.25, -0.2) is 13.4 Å². The Labute approximate surface area is 148 Å². The number of rotatable bonds is 7. The molecule has 1 unspecified atom stereocenters. The van der Waals surface area contributed by atoms with E-state index in [2.05, 4.69) is 15.6 Å². The van der Waals surface area contributed by atoms with Gasteiger partial charge in [-0.3, -0.25) is 4.79 Å². The summed E-state index contributed by atoms with van der Waals surface area (Å²) >= 11 is 0. The van der Waals surface area contributed by atoms with E-state index >= 15 is 0 Å². The van der Waals surface area contributed by atoms with Crippen molar-refractivity contribution in [1.29, 1.82) is 0 Å². The Balaban J connectivity index is 2.10. The second kappa shape index (κ2) is 8.11. The molecule has 0 aliphatic carbocycles. The van der Waals surface area contributed by atoms with Crippen LogP contribution in [0.15, 0.2) is 47.5 Å². The van der Waals surface area contributed by atoms with Gasteiger partial charge in [0, 0.05) is 30.6 Å². The van der Waals surface area contributed by atoms with Gasteiger partial charge in [0.15, 0.2) is 9.84 Å². The molecule has 1 heterocycles. The lowest BCUT2D eigenvalue weighted by molar-refractivity contribution is -0.119. The van der Waals surface area contributed by atoms with Crippen LogP contribution in [-0.2, 0) is 21.2 Å². The molecule has 25 heavy (non-hydrogen) atoms. The van der Waals surface area contributed by atoms with Crippen molar-refractivity contribution in [3.05, 3.63) is 48.2 Å². The van der Waals surface area contributed by atoms with Gasteiger partial charge in [-0.2, -0.15) is 0 Å². The Bertz CT molecular complexity index is 850. The molecule has 134 valence electrons. The fourth-order valence-electron chi connectivity index (χ4n) is 2.22. The van der Waals surface area contributed by atoms with E-state index in [9.17, 15) is 13.2 Å². The van der Waals surface area contributed by atoms with Crippen LogP contribution in [-0.4, -0.2) is 25.6 Å². The third-order valence-corrected chi connectivity index (χ3v) is 5.01. The molecule has 0 saturated carbocycles. The first kappa shape index (κ1) is 18.9. The minimum atomic E-state index is -3.36. The predicted molar refractivity (Wildman–Crippen MR) is 99.2 cm³/mol. The highest BCUT2D eigenvalue weighted by atomic mass is 32.2. The molecule has 0 aliphatic rings. The maximum absolute atomic E-state index is 12.0. The zero-order chi connectivity index (χ0) is 18.4. The molecule has 1 aromatic heterocycles. The minimum Gasteiger partial charge on any atom is -0.365 e. The standard InChI is InChI=1S/C18H23N3O3S/c1-4-13(2)18(22)21-15-8-5-7-14(11-15)12-20-17-16(25(3,23)24)9-6-10-19-17/h5-11,13H,4,12H2,1-3H3,(H,19,20)(H,21,22). The molecule has 1 atom stereocenters. The van der Waals surface area contributed by atoms with Crippen LogP contribution in [0.1, 0.15) is 25.8 Å².